The second-order valence-corrected chi connectivity index (χ2v) is 6.70. The minimum Gasteiger partial charge on any atom is -0.368 e. The highest BCUT2D eigenvalue weighted by atomic mass is 32.2. The quantitative estimate of drug-likeness (QED) is 0.824. The zero-order valence-electron chi connectivity index (χ0n) is 11.7. The Morgan fingerprint density at radius 3 is 2.45 bits per heavy atom. The molecule has 3 N–H and O–H groups in total. The normalized spacial score (nSPS) is 14.8. The van der Waals surface area contributed by atoms with Crippen LogP contribution in [-0.4, -0.2) is 26.6 Å². The van der Waals surface area contributed by atoms with Gasteiger partial charge in [0.1, 0.15) is 10.7 Å². The molecule has 1 aromatic rings. The summed E-state index contributed by atoms with van der Waals surface area (Å²) in [6.45, 7) is 3.56. The molecule has 0 saturated heterocycles. The summed E-state index contributed by atoms with van der Waals surface area (Å²) >= 11 is 0. The van der Waals surface area contributed by atoms with Gasteiger partial charge in [0, 0.05) is 12.3 Å². The van der Waals surface area contributed by atoms with Gasteiger partial charge in [-0.2, -0.15) is 0 Å². The van der Waals surface area contributed by atoms with Gasteiger partial charge in [-0.1, -0.05) is 13.0 Å². The number of rotatable bonds is 6. The zero-order valence-corrected chi connectivity index (χ0v) is 12.5. The van der Waals surface area contributed by atoms with Crippen molar-refractivity contribution in [2.24, 2.45) is 5.73 Å². The first kappa shape index (κ1) is 16.6. The first-order chi connectivity index (χ1) is 9.16. The maximum absolute atomic E-state index is 13.8. The van der Waals surface area contributed by atoms with E-state index >= 15 is 0 Å². The van der Waals surface area contributed by atoms with Crippen LogP contribution in [0.3, 0.4) is 0 Å². The van der Waals surface area contributed by atoms with E-state index in [0.29, 0.717) is 12.0 Å². The Bertz CT molecular complexity index is 602. The van der Waals surface area contributed by atoms with E-state index in [1.165, 1.54) is 12.1 Å². The fourth-order valence-corrected chi connectivity index (χ4v) is 2.61. The van der Waals surface area contributed by atoms with Crippen LogP contribution in [0.25, 0.3) is 0 Å². The molecule has 0 fully saturated rings. The van der Waals surface area contributed by atoms with Crippen molar-refractivity contribution in [2.45, 2.75) is 37.2 Å². The van der Waals surface area contributed by atoms with E-state index in [9.17, 15) is 17.6 Å². The molecule has 112 valence electrons. The lowest BCUT2D eigenvalue weighted by atomic mass is 10.1. The lowest BCUT2D eigenvalue weighted by molar-refractivity contribution is -0.120. The van der Waals surface area contributed by atoms with Crippen molar-refractivity contribution >= 4 is 15.7 Å². The van der Waals surface area contributed by atoms with Gasteiger partial charge < -0.3 is 5.73 Å². The van der Waals surface area contributed by atoms with Crippen LogP contribution in [0, 0.1) is 5.82 Å². The lowest BCUT2D eigenvalue weighted by Crippen LogP contribution is -2.41. The van der Waals surface area contributed by atoms with Crippen molar-refractivity contribution in [3.05, 3.63) is 29.6 Å². The Labute approximate surface area is 118 Å². The van der Waals surface area contributed by atoms with Gasteiger partial charge in [-0.3, -0.25) is 10.1 Å². The van der Waals surface area contributed by atoms with E-state index in [1.807, 2.05) is 6.92 Å². The van der Waals surface area contributed by atoms with Gasteiger partial charge in [0.2, 0.25) is 5.91 Å². The number of sulfone groups is 1. The van der Waals surface area contributed by atoms with E-state index in [1.54, 1.807) is 6.92 Å². The molecule has 2 atom stereocenters. The third-order valence-electron chi connectivity index (χ3n) is 3.06. The molecule has 1 amide bonds. The molecule has 0 aliphatic rings. The smallest absolute Gasteiger partial charge is 0.234 e. The van der Waals surface area contributed by atoms with Gasteiger partial charge in [-0.25, -0.2) is 12.8 Å². The van der Waals surface area contributed by atoms with Crippen LogP contribution < -0.4 is 11.1 Å². The van der Waals surface area contributed by atoms with Gasteiger partial charge in [0.05, 0.1) is 6.04 Å². The average molecular weight is 302 g/mol. The van der Waals surface area contributed by atoms with Crippen LogP contribution in [0.2, 0.25) is 0 Å². The molecule has 1 rings (SSSR count). The molecule has 0 radical (unpaired) electrons. The maximum atomic E-state index is 13.8. The second-order valence-electron chi connectivity index (χ2n) is 4.71. The van der Waals surface area contributed by atoms with Gasteiger partial charge in [0.25, 0.3) is 0 Å². The standard InChI is InChI=1S/C13H19FN2O3S/c1-4-11(13(15)17)16-8(2)9-5-6-12(10(14)7-9)20(3,18)19/h5-8,11,16H,4H2,1-3H3,(H2,15,17)/t8-,11+/m1/s1. The van der Waals surface area contributed by atoms with Crippen molar-refractivity contribution in [2.75, 3.05) is 6.26 Å². The van der Waals surface area contributed by atoms with Gasteiger partial charge in [-0.15, -0.1) is 0 Å². The van der Waals surface area contributed by atoms with Crippen molar-refractivity contribution in [1.82, 2.24) is 5.32 Å². The molecule has 0 aromatic heterocycles. The van der Waals surface area contributed by atoms with E-state index in [0.717, 1.165) is 12.3 Å². The number of halogens is 1. The van der Waals surface area contributed by atoms with E-state index in [-0.39, 0.29) is 10.9 Å². The number of carbonyl (C=O) groups excluding carboxylic acids is 1. The Kier molecular flexibility index (Phi) is 5.24. The SMILES string of the molecule is CC[C@H](N[C@H](C)c1ccc(S(C)(=O)=O)c(F)c1)C(N)=O. The Hall–Kier alpha value is -1.47. The Morgan fingerprint density at radius 2 is 2.05 bits per heavy atom. The predicted octanol–water partition coefficient (Wildman–Crippen LogP) is 1.14. The lowest BCUT2D eigenvalue weighted by Gasteiger charge is -2.20. The van der Waals surface area contributed by atoms with Crippen LogP contribution in [0.15, 0.2) is 23.1 Å². The molecule has 0 heterocycles. The van der Waals surface area contributed by atoms with Gasteiger partial charge in [-0.05, 0) is 31.0 Å². The molecular formula is C13H19FN2O3S. The molecule has 1 aromatic carbocycles. The fraction of sp³-hybridized carbons (Fsp3) is 0.462. The topological polar surface area (TPSA) is 89.3 Å². The average Bonchev–Trinajstić information content (AvgIpc) is 2.33. The maximum Gasteiger partial charge on any atom is 0.234 e. The van der Waals surface area contributed by atoms with Crippen molar-refractivity contribution in [3.63, 3.8) is 0 Å². The molecule has 5 nitrogen and oxygen atoms in total. The first-order valence-corrected chi connectivity index (χ1v) is 8.10. The number of hydrogen-bond acceptors (Lipinski definition) is 4. The number of nitrogens with one attached hydrogen (secondary N) is 1. The summed E-state index contributed by atoms with van der Waals surface area (Å²) in [5, 5.41) is 2.98. The van der Waals surface area contributed by atoms with Crippen molar-refractivity contribution in [1.29, 1.82) is 0 Å². The largest absolute Gasteiger partial charge is 0.368 e. The third kappa shape index (κ3) is 4.01. The van der Waals surface area contributed by atoms with E-state index in [4.69, 9.17) is 5.73 Å². The zero-order chi connectivity index (χ0) is 15.5. The highest BCUT2D eigenvalue weighted by Crippen LogP contribution is 2.20. The molecule has 7 heteroatoms. The van der Waals surface area contributed by atoms with Crippen molar-refractivity contribution < 1.29 is 17.6 Å². The molecule has 0 spiro atoms. The first-order valence-electron chi connectivity index (χ1n) is 6.21. The van der Waals surface area contributed by atoms with Crippen LogP contribution >= 0.6 is 0 Å². The van der Waals surface area contributed by atoms with Crippen LogP contribution in [-0.2, 0) is 14.6 Å². The summed E-state index contributed by atoms with van der Waals surface area (Å²) in [6, 6.07) is 3.06. The molecule has 0 unspecified atom stereocenters. The highest BCUT2D eigenvalue weighted by molar-refractivity contribution is 7.90. The number of nitrogens with two attached hydrogens (primary N) is 1. The number of benzene rings is 1. The van der Waals surface area contributed by atoms with Crippen LogP contribution in [0.1, 0.15) is 31.9 Å². The molecule has 0 aliphatic carbocycles. The summed E-state index contributed by atoms with van der Waals surface area (Å²) in [4.78, 5) is 10.8. The van der Waals surface area contributed by atoms with Crippen molar-refractivity contribution in [3.8, 4) is 0 Å². The highest BCUT2D eigenvalue weighted by Gasteiger charge is 2.19. The third-order valence-corrected chi connectivity index (χ3v) is 4.19. The van der Waals surface area contributed by atoms with Crippen LogP contribution in [0.4, 0.5) is 4.39 Å². The molecule has 0 saturated carbocycles. The number of carbonyl (C=O) groups is 1. The summed E-state index contributed by atoms with van der Waals surface area (Å²) in [6.07, 6.45) is 1.47. The van der Waals surface area contributed by atoms with Gasteiger partial charge >= 0.3 is 0 Å². The Morgan fingerprint density at radius 1 is 1.45 bits per heavy atom. The number of amides is 1. The van der Waals surface area contributed by atoms with Gasteiger partial charge in [0.15, 0.2) is 9.84 Å². The summed E-state index contributed by atoms with van der Waals surface area (Å²) in [5.41, 5.74) is 5.78. The summed E-state index contributed by atoms with van der Waals surface area (Å²) in [5.74, 6) is -1.28. The van der Waals surface area contributed by atoms with Crippen LogP contribution in [0.5, 0.6) is 0 Å². The summed E-state index contributed by atoms with van der Waals surface area (Å²) in [7, 11) is -3.59. The van der Waals surface area contributed by atoms with E-state index in [2.05, 4.69) is 5.32 Å². The number of hydrogen-bond donors (Lipinski definition) is 2. The van der Waals surface area contributed by atoms with E-state index < -0.39 is 27.6 Å². The minimum atomic E-state index is -3.59. The minimum absolute atomic E-state index is 0.324. The number of primary amides is 1. The molecule has 20 heavy (non-hydrogen) atoms. The monoisotopic (exact) mass is 302 g/mol. The summed E-state index contributed by atoms with van der Waals surface area (Å²) < 4.78 is 36.4. The predicted molar refractivity (Wildman–Crippen MR) is 74.3 cm³/mol. The second kappa shape index (κ2) is 6.32. The molecule has 0 bridgehead atoms. The molecular weight excluding hydrogens is 283 g/mol. The Balaban J connectivity index is 2.99. The molecule has 0 aliphatic heterocycles. The fourth-order valence-electron chi connectivity index (χ4n) is 1.89.